The third-order valence-electron chi connectivity index (χ3n) is 3.27. The van der Waals surface area contributed by atoms with Crippen LogP contribution in [0.2, 0.25) is 0 Å². The van der Waals surface area contributed by atoms with Crippen LogP contribution in [0.25, 0.3) is 0 Å². The van der Waals surface area contributed by atoms with Gasteiger partial charge in [-0.3, -0.25) is 4.79 Å². The molecule has 2 rings (SSSR count). The maximum Gasteiger partial charge on any atom is 0.270 e. The number of rotatable bonds is 4. The molecule has 0 aliphatic carbocycles. The van der Waals surface area contributed by atoms with Crippen LogP contribution in [0.15, 0.2) is 24.3 Å². The fourth-order valence-corrected chi connectivity index (χ4v) is 2.29. The van der Waals surface area contributed by atoms with Gasteiger partial charge in [0.2, 0.25) is 0 Å². The molecule has 0 aromatic heterocycles. The fraction of sp³-hybridized carbons (Fsp3) is 0.533. The molecule has 0 unspecified atom stereocenters. The van der Waals surface area contributed by atoms with Gasteiger partial charge in [0.05, 0.1) is 5.69 Å². The topological polar surface area (TPSA) is 32.8 Å². The molecule has 0 bridgehead atoms. The molecule has 0 spiro atoms. The van der Waals surface area contributed by atoms with Gasteiger partial charge in [-0.1, -0.05) is 12.1 Å². The number of fused-ring (bicyclic) bond motifs is 1. The Hall–Kier alpha value is -1.55. The SMILES string of the molecule is CN(C)CCCN1C(=O)C(C)(C)Oc2ccccc21. The number of hydrogen-bond acceptors (Lipinski definition) is 3. The van der Waals surface area contributed by atoms with Crippen LogP contribution in [-0.4, -0.2) is 43.6 Å². The Morgan fingerprint density at radius 1 is 1.26 bits per heavy atom. The highest BCUT2D eigenvalue weighted by molar-refractivity contribution is 6.02. The van der Waals surface area contributed by atoms with Crippen LogP contribution in [0, 0.1) is 0 Å². The smallest absolute Gasteiger partial charge is 0.270 e. The van der Waals surface area contributed by atoms with E-state index in [0.717, 1.165) is 30.9 Å². The number of hydrogen-bond donors (Lipinski definition) is 0. The van der Waals surface area contributed by atoms with Crippen LogP contribution in [0.4, 0.5) is 5.69 Å². The molecular weight excluding hydrogens is 240 g/mol. The standard InChI is InChI=1S/C15H22N2O2/c1-15(2)14(18)17(11-7-10-16(3)4)12-8-5-6-9-13(12)19-15/h5-6,8-9H,7,10-11H2,1-4H3. The van der Waals surface area contributed by atoms with E-state index >= 15 is 0 Å². The maximum atomic E-state index is 12.5. The van der Waals surface area contributed by atoms with Gasteiger partial charge >= 0.3 is 0 Å². The van der Waals surface area contributed by atoms with Crippen molar-refractivity contribution in [2.75, 3.05) is 32.1 Å². The van der Waals surface area contributed by atoms with Crippen LogP contribution in [0.5, 0.6) is 5.75 Å². The number of anilines is 1. The minimum atomic E-state index is -0.785. The zero-order valence-electron chi connectivity index (χ0n) is 12.1. The summed E-state index contributed by atoms with van der Waals surface area (Å²) < 4.78 is 5.79. The molecule has 19 heavy (non-hydrogen) atoms. The molecule has 1 aromatic carbocycles. The van der Waals surface area contributed by atoms with Crippen LogP contribution >= 0.6 is 0 Å². The molecule has 1 heterocycles. The lowest BCUT2D eigenvalue weighted by molar-refractivity contribution is -0.132. The first-order chi connectivity index (χ1) is 8.92. The molecular formula is C15H22N2O2. The summed E-state index contributed by atoms with van der Waals surface area (Å²) in [6.45, 7) is 5.34. The molecule has 4 heteroatoms. The summed E-state index contributed by atoms with van der Waals surface area (Å²) in [6, 6.07) is 7.73. The van der Waals surface area contributed by atoms with Crippen LogP contribution in [0.3, 0.4) is 0 Å². The van der Waals surface area contributed by atoms with Gasteiger partial charge in [0.1, 0.15) is 5.75 Å². The Labute approximate surface area is 115 Å². The zero-order valence-corrected chi connectivity index (χ0v) is 12.1. The second kappa shape index (κ2) is 5.21. The second-order valence-corrected chi connectivity index (χ2v) is 5.69. The molecule has 4 nitrogen and oxygen atoms in total. The first-order valence-electron chi connectivity index (χ1n) is 6.66. The third-order valence-corrected chi connectivity index (χ3v) is 3.27. The van der Waals surface area contributed by atoms with E-state index in [2.05, 4.69) is 4.90 Å². The number of benzene rings is 1. The Morgan fingerprint density at radius 2 is 1.95 bits per heavy atom. The first kappa shape index (κ1) is 13.9. The predicted octanol–water partition coefficient (Wildman–Crippen LogP) is 2.14. The van der Waals surface area contributed by atoms with E-state index in [4.69, 9.17) is 4.74 Å². The average Bonchev–Trinajstić information content (AvgIpc) is 2.33. The van der Waals surface area contributed by atoms with E-state index in [-0.39, 0.29) is 5.91 Å². The summed E-state index contributed by atoms with van der Waals surface area (Å²) in [5.74, 6) is 0.821. The number of carbonyl (C=O) groups excluding carboxylic acids is 1. The minimum Gasteiger partial charge on any atom is -0.476 e. The number of ether oxygens (including phenoxy) is 1. The Bertz CT molecular complexity index is 469. The van der Waals surface area contributed by atoms with Gasteiger partial charge in [0.25, 0.3) is 5.91 Å². The molecule has 0 atom stereocenters. The zero-order chi connectivity index (χ0) is 14.0. The van der Waals surface area contributed by atoms with Gasteiger partial charge in [0, 0.05) is 6.54 Å². The molecule has 104 valence electrons. The molecule has 1 aliphatic heterocycles. The summed E-state index contributed by atoms with van der Waals surface area (Å²) in [7, 11) is 4.08. The van der Waals surface area contributed by atoms with Crippen molar-refractivity contribution in [3.8, 4) is 5.75 Å². The van der Waals surface area contributed by atoms with Crippen LogP contribution in [-0.2, 0) is 4.79 Å². The molecule has 1 amide bonds. The summed E-state index contributed by atoms with van der Waals surface area (Å²) in [6.07, 6.45) is 0.948. The minimum absolute atomic E-state index is 0.0324. The highest BCUT2D eigenvalue weighted by Crippen LogP contribution is 2.37. The van der Waals surface area contributed by atoms with Crippen molar-refractivity contribution in [1.82, 2.24) is 4.90 Å². The van der Waals surface area contributed by atoms with Crippen molar-refractivity contribution in [2.45, 2.75) is 25.9 Å². The fourth-order valence-electron chi connectivity index (χ4n) is 2.29. The van der Waals surface area contributed by atoms with Crippen molar-refractivity contribution in [2.24, 2.45) is 0 Å². The molecule has 1 aromatic rings. The van der Waals surface area contributed by atoms with Gasteiger partial charge in [-0.05, 0) is 53.0 Å². The van der Waals surface area contributed by atoms with Crippen LogP contribution < -0.4 is 9.64 Å². The quantitative estimate of drug-likeness (QED) is 0.833. The van der Waals surface area contributed by atoms with Crippen molar-refractivity contribution < 1.29 is 9.53 Å². The van der Waals surface area contributed by atoms with E-state index in [1.807, 2.05) is 57.1 Å². The highest BCUT2D eigenvalue weighted by atomic mass is 16.5. The van der Waals surface area contributed by atoms with E-state index in [1.165, 1.54) is 0 Å². The molecule has 0 saturated carbocycles. The average molecular weight is 262 g/mol. The first-order valence-corrected chi connectivity index (χ1v) is 6.66. The lowest BCUT2D eigenvalue weighted by atomic mass is 10.0. The monoisotopic (exact) mass is 262 g/mol. The lowest BCUT2D eigenvalue weighted by Gasteiger charge is -2.38. The summed E-state index contributed by atoms with van der Waals surface area (Å²) in [5.41, 5.74) is 0.0949. The maximum absolute atomic E-state index is 12.5. The second-order valence-electron chi connectivity index (χ2n) is 5.69. The Morgan fingerprint density at radius 3 is 2.63 bits per heavy atom. The van der Waals surface area contributed by atoms with Gasteiger partial charge in [-0.15, -0.1) is 0 Å². The van der Waals surface area contributed by atoms with Crippen molar-refractivity contribution in [3.63, 3.8) is 0 Å². The summed E-state index contributed by atoms with van der Waals surface area (Å²) in [4.78, 5) is 16.4. The highest BCUT2D eigenvalue weighted by Gasteiger charge is 2.40. The molecule has 1 aliphatic rings. The van der Waals surface area contributed by atoms with Crippen molar-refractivity contribution in [1.29, 1.82) is 0 Å². The lowest BCUT2D eigenvalue weighted by Crippen LogP contribution is -2.53. The van der Waals surface area contributed by atoms with Gasteiger partial charge in [-0.2, -0.15) is 0 Å². The van der Waals surface area contributed by atoms with E-state index in [0.29, 0.717) is 0 Å². The Balaban J connectivity index is 2.22. The summed E-state index contributed by atoms with van der Waals surface area (Å²) in [5, 5.41) is 0. The van der Waals surface area contributed by atoms with E-state index in [9.17, 15) is 4.79 Å². The molecule has 0 fully saturated rings. The van der Waals surface area contributed by atoms with Gasteiger partial charge in [0.15, 0.2) is 5.60 Å². The van der Waals surface area contributed by atoms with Gasteiger partial charge in [-0.25, -0.2) is 0 Å². The van der Waals surface area contributed by atoms with E-state index in [1.54, 1.807) is 0 Å². The van der Waals surface area contributed by atoms with Crippen molar-refractivity contribution in [3.05, 3.63) is 24.3 Å². The predicted molar refractivity (Wildman–Crippen MR) is 76.7 cm³/mol. The van der Waals surface area contributed by atoms with E-state index < -0.39 is 5.60 Å². The summed E-state index contributed by atoms with van der Waals surface area (Å²) >= 11 is 0. The number of amides is 1. The molecule has 0 saturated heterocycles. The largest absolute Gasteiger partial charge is 0.476 e. The number of para-hydroxylation sites is 2. The molecule has 0 radical (unpaired) electrons. The van der Waals surface area contributed by atoms with Crippen LogP contribution in [0.1, 0.15) is 20.3 Å². The van der Waals surface area contributed by atoms with Crippen molar-refractivity contribution >= 4 is 11.6 Å². The molecule has 0 N–H and O–H groups in total. The normalized spacial score (nSPS) is 17.3. The Kier molecular flexibility index (Phi) is 3.80. The van der Waals surface area contributed by atoms with Gasteiger partial charge < -0.3 is 14.5 Å². The third kappa shape index (κ3) is 2.89. The number of nitrogens with zero attached hydrogens (tertiary/aromatic N) is 2. The number of carbonyl (C=O) groups is 1.